The van der Waals surface area contributed by atoms with Gasteiger partial charge in [-0.1, -0.05) is 0 Å². The minimum atomic E-state index is 0.260. The lowest BCUT2D eigenvalue weighted by Crippen LogP contribution is -2.31. The van der Waals surface area contributed by atoms with Crippen molar-refractivity contribution in [1.29, 1.82) is 0 Å². The fourth-order valence-electron chi connectivity index (χ4n) is 2.02. The predicted molar refractivity (Wildman–Crippen MR) is 62.5 cm³/mol. The summed E-state index contributed by atoms with van der Waals surface area (Å²) >= 11 is 3.37. The summed E-state index contributed by atoms with van der Waals surface area (Å²) in [5.74, 6) is 0. The molecule has 0 saturated carbocycles. The minimum Gasteiger partial charge on any atom is -0.395 e. The van der Waals surface area contributed by atoms with Crippen LogP contribution >= 0.6 is 15.9 Å². The zero-order chi connectivity index (χ0) is 10.7. The third-order valence-corrected chi connectivity index (χ3v) is 3.33. The molecule has 1 aromatic rings. The highest BCUT2D eigenvalue weighted by atomic mass is 79.9. The first-order valence-corrected chi connectivity index (χ1v) is 6.04. The molecule has 2 rings (SSSR count). The summed E-state index contributed by atoms with van der Waals surface area (Å²) in [7, 11) is 0. The fourth-order valence-corrected chi connectivity index (χ4v) is 2.25. The molecule has 4 heteroatoms. The number of aliphatic hydroxyl groups excluding tert-OH is 1. The second-order valence-corrected chi connectivity index (χ2v) is 4.83. The molecule has 2 heterocycles. The van der Waals surface area contributed by atoms with E-state index in [0.717, 1.165) is 29.7 Å². The van der Waals surface area contributed by atoms with Crippen LogP contribution in [0.2, 0.25) is 0 Å². The Morgan fingerprint density at radius 2 is 2.40 bits per heavy atom. The first-order valence-electron chi connectivity index (χ1n) is 5.25. The van der Waals surface area contributed by atoms with Crippen molar-refractivity contribution < 1.29 is 5.11 Å². The van der Waals surface area contributed by atoms with Crippen molar-refractivity contribution in [2.75, 3.05) is 13.2 Å². The Balaban J connectivity index is 1.99. The van der Waals surface area contributed by atoms with Gasteiger partial charge in [-0.15, -0.1) is 0 Å². The van der Waals surface area contributed by atoms with Crippen molar-refractivity contribution in [3.63, 3.8) is 0 Å². The zero-order valence-corrected chi connectivity index (χ0v) is 10.2. The Labute approximate surface area is 98.3 Å². The highest BCUT2D eigenvalue weighted by molar-refractivity contribution is 9.10. The number of aliphatic hydroxyl groups is 1. The van der Waals surface area contributed by atoms with Gasteiger partial charge in [-0.05, 0) is 47.4 Å². The molecule has 1 aliphatic heterocycles. The standard InChI is InChI=1S/C11H15BrN2O/c12-9-3-4-10(13-6-9)7-14-5-1-2-11(14)8-15/h3-4,6,11,15H,1-2,5,7-8H2. The number of rotatable bonds is 3. The van der Waals surface area contributed by atoms with Gasteiger partial charge < -0.3 is 5.11 Å². The van der Waals surface area contributed by atoms with Gasteiger partial charge in [0.1, 0.15) is 0 Å². The van der Waals surface area contributed by atoms with Gasteiger partial charge in [-0.25, -0.2) is 0 Å². The maximum absolute atomic E-state index is 9.19. The molecule has 1 N–H and O–H groups in total. The average Bonchev–Trinajstić information content (AvgIpc) is 2.69. The Kier molecular flexibility index (Phi) is 3.72. The molecular formula is C11H15BrN2O. The van der Waals surface area contributed by atoms with E-state index in [9.17, 15) is 5.11 Å². The summed E-state index contributed by atoms with van der Waals surface area (Å²) in [4.78, 5) is 6.64. The van der Waals surface area contributed by atoms with Crippen molar-refractivity contribution in [1.82, 2.24) is 9.88 Å². The van der Waals surface area contributed by atoms with Crippen LogP contribution in [0.25, 0.3) is 0 Å². The van der Waals surface area contributed by atoms with Crippen LogP contribution in [0.1, 0.15) is 18.5 Å². The van der Waals surface area contributed by atoms with Crippen LogP contribution in [0.4, 0.5) is 0 Å². The maximum Gasteiger partial charge on any atom is 0.0587 e. The van der Waals surface area contributed by atoms with Crippen molar-refractivity contribution >= 4 is 15.9 Å². The molecular weight excluding hydrogens is 256 g/mol. The van der Waals surface area contributed by atoms with Crippen molar-refractivity contribution in [2.45, 2.75) is 25.4 Å². The molecule has 1 unspecified atom stereocenters. The Morgan fingerprint density at radius 3 is 3.07 bits per heavy atom. The summed E-state index contributed by atoms with van der Waals surface area (Å²) in [6.45, 7) is 2.18. The Bertz CT molecular complexity index is 315. The lowest BCUT2D eigenvalue weighted by molar-refractivity contribution is 0.152. The molecule has 3 nitrogen and oxygen atoms in total. The molecule has 1 saturated heterocycles. The van der Waals surface area contributed by atoms with Gasteiger partial charge in [0.15, 0.2) is 0 Å². The SMILES string of the molecule is OCC1CCCN1Cc1ccc(Br)cn1. The molecule has 0 aliphatic carbocycles. The van der Waals surface area contributed by atoms with E-state index in [1.807, 2.05) is 18.3 Å². The number of nitrogens with zero attached hydrogens (tertiary/aromatic N) is 2. The largest absolute Gasteiger partial charge is 0.395 e. The van der Waals surface area contributed by atoms with Gasteiger partial charge in [0.05, 0.1) is 12.3 Å². The summed E-state index contributed by atoms with van der Waals surface area (Å²) in [6.07, 6.45) is 4.11. The number of halogens is 1. The van der Waals surface area contributed by atoms with Gasteiger partial charge in [-0.2, -0.15) is 0 Å². The molecule has 1 aromatic heterocycles. The molecule has 0 bridgehead atoms. The quantitative estimate of drug-likeness (QED) is 0.910. The van der Waals surface area contributed by atoms with Crippen LogP contribution in [0.5, 0.6) is 0 Å². The molecule has 0 radical (unpaired) electrons. The van der Waals surface area contributed by atoms with Gasteiger partial charge >= 0.3 is 0 Å². The first kappa shape index (κ1) is 11.0. The van der Waals surface area contributed by atoms with Crippen LogP contribution in [0.15, 0.2) is 22.8 Å². The van der Waals surface area contributed by atoms with Crippen molar-refractivity contribution in [3.05, 3.63) is 28.5 Å². The smallest absolute Gasteiger partial charge is 0.0587 e. The van der Waals surface area contributed by atoms with E-state index in [-0.39, 0.29) is 6.61 Å². The fraction of sp³-hybridized carbons (Fsp3) is 0.545. The predicted octanol–water partition coefficient (Wildman–Crippen LogP) is 1.80. The summed E-state index contributed by atoms with van der Waals surface area (Å²) in [5.41, 5.74) is 1.07. The van der Waals surface area contributed by atoms with E-state index in [1.54, 1.807) is 0 Å². The number of hydrogen-bond acceptors (Lipinski definition) is 3. The van der Waals surface area contributed by atoms with Gasteiger partial charge in [-0.3, -0.25) is 9.88 Å². The van der Waals surface area contributed by atoms with Crippen molar-refractivity contribution in [2.24, 2.45) is 0 Å². The van der Waals surface area contributed by atoms with Crippen LogP contribution < -0.4 is 0 Å². The normalized spacial score (nSPS) is 22.1. The first-order chi connectivity index (χ1) is 7.29. The van der Waals surface area contributed by atoms with E-state index < -0.39 is 0 Å². The highest BCUT2D eigenvalue weighted by Gasteiger charge is 2.23. The Hall–Kier alpha value is -0.450. The van der Waals surface area contributed by atoms with E-state index in [0.29, 0.717) is 6.04 Å². The van der Waals surface area contributed by atoms with Gasteiger partial charge in [0.25, 0.3) is 0 Å². The highest BCUT2D eigenvalue weighted by Crippen LogP contribution is 2.19. The molecule has 1 aliphatic rings. The molecule has 0 amide bonds. The molecule has 82 valence electrons. The second kappa shape index (κ2) is 5.05. The van der Waals surface area contributed by atoms with Crippen LogP contribution in [0, 0.1) is 0 Å². The average molecular weight is 271 g/mol. The topological polar surface area (TPSA) is 36.4 Å². The van der Waals surface area contributed by atoms with Gasteiger partial charge in [0, 0.05) is 23.3 Å². The van der Waals surface area contributed by atoms with Crippen LogP contribution in [-0.4, -0.2) is 34.2 Å². The lowest BCUT2D eigenvalue weighted by Gasteiger charge is -2.21. The monoisotopic (exact) mass is 270 g/mol. The van der Waals surface area contributed by atoms with E-state index in [1.165, 1.54) is 6.42 Å². The molecule has 0 spiro atoms. The summed E-state index contributed by atoms with van der Waals surface area (Å²) in [5, 5.41) is 9.19. The third kappa shape index (κ3) is 2.77. The zero-order valence-electron chi connectivity index (χ0n) is 8.56. The van der Waals surface area contributed by atoms with Gasteiger partial charge in [0.2, 0.25) is 0 Å². The number of aromatic nitrogens is 1. The van der Waals surface area contributed by atoms with E-state index in [4.69, 9.17) is 0 Å². The van der Waals surface area contributed by atoms with Crippen LogP contribution in [0.3, 0.4) is 0 Å². The second-order valence-electron chi connectivity index (χ2n) is 3.92. The number of likely N-dealkylation sites (tertiary alicyclic amines) is 1. The molecule has 15 heavy (non-hydrogen) atoms. The van der Waals surface area contributed by atoms with Crippen molar-refractivity contribution in [3.8, 4) is 0 Å². The summed E-state index contributed by atoms with van der Waals surface area (Å²) in [6, 6.07) is 4.36. The third-order valence-electron chi connectivity index (χ3n) is 2.86. The minimum absolute atomic E-state index is 0.260. The Morgan fingerprint density at radius 1 is 1.53 bits per heavy atom. The van der Waals surface area contributed by atoms with Crippen LogP contribution in [-0.2, 0) is 6.54 Å². The molecule has 1 fully saturated rings. The van der Waals surface area contributed by atoms with E-state index >= 15 is 0 Å². The molecule has 1 atom stereocenters. The number of hydrogen-bond donors (Lipinski definition) is 1. The maximum atomic E-state index is 9.19. The molecule has 0 aromatic carbocycles. The number of pyridine rings is 1. The van der Waals surface area contributed by atoms with E-state index in [2.05, 4.69) is 25.8 Å². The lowest BCUT2D eigenvalue weighted by atomic mass is 10.2. The summed E-state index contributed by atoms with van der Waals surface area (Å²) < 4.78 is 1.01.